The summed E-state index contributed by atoms with van der Waals surface area (Å²) in [5, 5.41) is 10.3. The van der Waals surface area contributed by atoms with Crippen LogP contribution in [0.2, 0.25) is 0 Å². The first-order valence-electron chi connectivity index (χ1n) is 8.26. The number of benzene rings is 1. The number of halogens is 2. The van der Waals surface area contributed by atoms with Crippen molar-refractivity contribution in [1.29, 1.82) is 0 Å². The molecule has 0 spiro atoms. The molecule has 2 aliphatic rings. The third kappa shape index (κ3) is 4.32. The van der Waals surface area contributed by atoms with Crippen LogP contribution in [0.15, 0.2) is 29.2 Å². The molecule has 10 heteroatoms. The number of nitrogens with zero attached hydrogens (tertiary/aromatic N) is 1. The minimum atomic E-state index is -3.85. The highest BCUT2D eigenvalue weighted by Gasteiger charge is 2.43. The number of rotatable bonds is 6. The van der Waals surface area contributed by atoms with Gasteiger partial charge in [-0.15, -0.1) is 0 Å². The number of alkyl halides is 2. The smallest absolute Gasteiger partial charge is 0.261 e. The molecule has 1 aromatic carbocycles. The van der Waals surface area contributed by atoms with Crippen LogP contribution in [0, 0.1) is 0 Å². The number of nitrogens with one attached hydrogen (secondary N) is 1. The third-order valence-corrected chi connectivity index (χ3v) is 6.15. The van der Waals surface area contributed by atoms with Gasteiger partial charge in [-0.1, -0.05) is 0 Å². The molecule has 7 nitrogen and oxygen atoms in total. The Balaban J connectivity index is 1.60. The monoisotopic (exact) mass is 392 g/mol. The van der Waals surface area contributed by atoms with Crippen molar-refractivity contribution in [3.8, 4) is 5.75 Å². The first-order chi connectivity index (χ1) is 12.2. The van der Waals surface area contributed by atoms with E-state index in [0.29, 0.717) is 5.75 Å². The Morgan fingerprint density at radius 1 is 1.38 bits per heavy atom. The molecule has 0 aromatic heterocycles. The van der Waals surface area contributed by atoms with Crippen LogP contribution in [-0.4, -0.2) is 75.9 Å². The molecule has 0 bridgehead atoms. The molecule has 3 rings (SSSR count). The van der Waals surface area contributed by atoms with Gasteiger partial charge in [-0.05, 0) is 24.3 Å². The summed E-state index contributed by atoms with van der Waals surface area (Å²) in [6.07, 6.45) is -2.05. The van der Waals surface area contributed by atoms with Gasteiger partial charge in [-0.3, -0.25) is 4.90 Å². The van der Waals surface area contributed by atoms with Crippen LogP contribution in [0.5, 0.6) is 5.75 Å². The van der Waals surface area contributed by atoms with Gasteiger partial charge in [0.15, 0.2) is 0 Å². The van der Waals surface area contributed by atoms with Gasteiger partial charge in [-0.2, -0.15) is 0 Å². The average molecular weight is 392 g/mol. The number of aliphatic hydroxyl groups excluding tert-OH is 1. The third-order valence-electron chi connectivity index (χ3n) is 4.65. The molecule has 2 fully saturated rings. The number of hydrogen-bond acceptors (Lipinski definition) is 6. The van der Waals surface area contributed by atoms with E-state index in [1.807, 2.05) is 0 Å². The summed E-state index contributed by atoms with van der Waals surface area (Å²) < 4.78 is 64.3. The van der Waals surface area contributed by atoms with E-state index in [2.05, 4.69) is 4.72 Å². The SMILES string of the molecule is COc1ccc(S(=O)(=O)NC2COC(CN3CCC(F)(F)C3)C2O)cc1. The van der Waals surface area contributed by atoms with Gasteiger partial charge in [0.1, 0.15) is 5.75 Å². The summed E-state index contributed by atoms with van der Waals surface area (Å²) in [6, 6.07) is 4.99. The van der Waals surface area contributed by atoms with E-state index in [-0.39, 0.29) is 37.6 Å². The van der Waals surface area contributed by atoms with Crippen molar-refractivity contribution in [2.75, 3.05) is 33.4 Å². The first-order valence-corrected chi connectivity index (χ1v) is 9.75. The van der Waals surface area contributed by atoms with Crippen LogP contribution in [0.4, 0.5) is 8.78 Å². The summed E-state index contributed by atoms with van der Waals surface area (Å²) in [6.45, 7) is -0.0351. The lowest BCUT2D eigenvalue weighted by molar-refractivity contribution is -0.00722. The van der Waals surface area contributed by atoms with Gasteiger partial charge >= 0.3 is 0 Å². The van der Waals surface area contributed by atoms with E-state index in [1.54, 1.807) is 0 Å². The van der Waals surface area contributed by atoms with Gasteiger partial charge in [0.25, 0.3) is 5.92 Å². The van der Waals surface area contributed by atoms with E-state index >= 15 is 0 Å². The minimum absolute atomic E-state index is 0.0224. The van der Waals surface area contributed by atoms with Gasteiger partial charge in [0, 0.05) is 19.5 Å². The molecular formula is C16H22F2N2O5S. The molecule has 2 N–H and O–H groups in total. The maximum absolute atomic E-state index is 13.3. The zero-order chi connectivity index (χ0) is 18.9. The van der Waals surface area contributed by atoms with Crippen molar-refractivity contribution in [2.45, 2.75) is 35.5 Å². The molecule has 3 atom stereocenters. The Bertz CT molecular complexity index is 729. The maximum atomic E-state index is 13.3. The Labute approximate surface area is 150 Å². The van der Waals surface area contributed by atoms with E-state index in [4.69, 9.17) is 9.47 Å². The Hall–Kier alpha value is -1.33. The lowest BCUT2D eigenvalue weighted by atomic mass is 10.1. The first kappa shape index (κ1) is 19.4. The fourth-order valence-corrected chi connectivity index (χ4v) is 4.42. The fourth-order valence-electron chi connectivity index (χ4n) is 3.19. The Kier molecular flexibility index (Phi) is 5.50. The number of ether oxygens (including phenoxy) is 2. The molecule has 2 aliphatic heterocycles. The summed E-state index contributed by atoms with van der Waals surface area (Å²) in [7, 11) is -2.37. The number of aliphatic hydroxyl groups is 1. The molecule has 2 heterocycles. The highest BCUT2D eigenvalue weighted by Crippen LogP contribution is 2.28. The maximum Gasteiger partial charge on any atom is 0.261 e. The molecule has 0 aliphatic carbocycles. The topological polar surface area (TPSA) is 88.1 Å². The molecule has 3 unspecified atom stereocenters. The van der Waals surface area contributed by atoms with Crippen molar-refractivity contribution in [3.63, 3.8) is 0 Å². The number of likely N-dealkylation sites (tertiary alicyclic amines) is 1. The normalized spacial score (nSPS) is 29.2. The quantitative estimate of drug-likeness (QED) is 0.731. The standard InChI is InChI=1S/C16H22F2N2O5S/c1-24-11-2-4-12(5-3-11)26(22,23)19-13-9-25-14(15(13)21)8-20-7-6-16(17,18)10-20/h2-5,13-15,19,21H,6-10H2,1H3. The highest BCUT2D eigenvalue weighted by molar-refractivity contribution is 7.89. The van der Waals surface area contributed by atoms with E-state index in [1.165, 1.54) is 36.3 Å². The summed E-state index contributed by atoms with van der Waals surface area (Å²) >= 11 is 0. The van der Waals surface area contributed by atoms with Crippen molar-refractivity contribution in [3.05, 3.63) is 24.3 Å². The van der Waals surface area contributed by atoms with Gasteiger partial charge in [0.2, 0.25) is 10.0 Å². The molecule has 0 radical (unpaired) electrons. The number of hydrogen-bond donors (Lipinski definition) is 2. The van der Waals surface area contributed by atoms with Gasteiger partial charge in [-0.25, -0.2) is 21.9 Å². The van der Waals surface area contributed by atoms with E-state index in [9.17, 15) is 22.3 Å². The van der Waals surface area contributed by atoms with Crippen LogP contribution in [0.25, 0.3) is 0 Å². The lowest BCUT2D eigenvalue weighted by Crippen LogP contribution is -2.46. The van der Waals surface area contributed by atoms with E-state index < -0.39 is 34.2 Å². The largest absolute Gasteiger partial charge is 0.497 e. The molecule has 1 aromatic rings. The van der Waals surface area contributed by atoms with Crippen molar-refractivity contribution in [1.82, 2.24) is 9.62 Å². The molecule has 0 amide bonds. The second-order valence-corrected chi connectivity index (χ2v) is 8.32. The van der Waals surface area contributed by atoms with Crippen molar-refractivity contribution < 1.29 is 31.8 Å². The molecule has 0 saturated carbocycles. The summed E-state index contributed by atoms with van der Waals surface area (Å²) in [4.78, 5) is 1.56. The average Bonchev–Trinajstić information content (AvgIpc) is 3.11. The highest BCUT2D eigenvalue weighted by atomic mass is 32.2. The van der Waals surface area contributed by atoms with Gasteiger partial charge < -0.3 is 14.6 Å². The predicted molar refractivity (Wildman–Crippen MR) is 88.9 cm³/mol. The van der Waals surface area contributed by atoms with Crippen LogP contribution < -0.4 is 9.46 Å². The Morgan fingerprint density at radius 3 is 2.65 bits per heavy atom. The van der Waals surface area contributed by atoms with Crippen molar-refractivity contribution in [2.24, 2.45) is 0 Å². The zero-order valence-electron chi connectivity index (χ0n) is 14.3. The number of sulfonamides is 1. The molecular weight excluding hydrogens is 370 g/mol. The Morgan fingerprint density at radius 2 is 2.08 bits per heavy atom. The van der Waals surface area contributed by atoms with Crippen molar-refractivity contribution >= 4 is 10.0 Å². The predicted octanol–water partition coefficient (Wildman–Crippen LogP) is 0.443. The van der Waals surface area contributed by atoms with Crippen LogP contribution in [0.3, 0.4) is 0 Å². The zero-order valence-corrected chi connectivity index (χ0v) is 15.1. The molecule has 26 heavy (non-hydrogen) atoms. The van der Waals surface area contributed by atoms with Crippen LogP contribution in [-0.2, 0) is 14.8 Å². The molecule has 146 valence electrons. The van der Waals surface area contributed by atoms with E-state index in [0.717, 1.165) is 0 Å². The lowest BCUT2D eigenvalue weighted by Gasteiger charge is -2.23. The minimum Gasteiger partial charge on any atom is -0.497 e. The fraction of sp³-hybridized carbons (Fsp3) is 0.625. The van der Waals surface area contributed by atoms with Crippen LogP contribution >= 0.6 is 0 Å². The summed E-state index contributed by atoms with van der Waals surface area (Å²) in [5.74, 6) is -2.20. The van der Waals surface area contributed by atoms with Gasteiger partial charge in [0.05, 0.1) is 43.4 Å². The molecule has 2 saturated heterocycles. The van der Waals surface area contributed by atoms with Crippen LogP contribution in [0.1, 0.15) is 6.42 Å². The number of methoxy groups -OCH3 is 1. The second-order valence-electron chi connectivity index (χ2n) is 6.61. The summed E-state index contributed by atoms with van der Waals surface area (Å²) in [5.41, 5.74) is 0. The second kappa shape index (κ2) is 7.35.